The molecule has 0 bridgehead atoms. The van der Waals surface area contributed by atoms with Crippen molar-refractivity contribution in [1.82, 2.24) is 14.5 Å². The largest absolute Gasteiger partial charge is 0.509 e. The Kier molecular flexibility index (Phi) is 10.9. The fourth-order valence-corrected chi connectivity index (χ4v) is 7.94. The maximum atomic E-state index is 6.85. The number of aromatic nitrogens is 3. The fraction of sp³-hybridized carbons (Fsp3) is 0.340. The van der Waals surface area contributed by atoms with Crippen molar-refractivity contribution < 1.29 is 25.8 Å². The van der Waals surface area contributed by atoms with E-state index in [1.165, 1.54) is 22.1 Å². The van der Waals surface area contributed by atoms with Gasteiger partial charge in [0.25, 0.3) is 0 Å². The molecule has 0 N–H and O–H groups in total. The minimum atomic E-state index is -0.159. The second-order valence-electron chi connectivity index (χ2n) is 20.4. The summed E-state index contributed by atoms with van der Waals surface area (Å²) in [5.74, 6) is 2.10. The number of nitrogens with zero attached hydrogens (tertiary/aromatic N) is 5. The summed E-state index contributed by atoms with van der Waals surface area (Å²) in [4.78, 5) is 14.1. The van der Waals surface area contributed by atoms with Gasteiger partial charge in [-0.25, -0.2) is 4.98 Å². The monoisotopic (exact) mass is 975 g/mol. The number of hydrogen-bond donors (Lipinski definition) is 0. The van der Waals surface area contributed by atoms with E-state index in [9.17, 15) is 0 Å². The first kappa shape index (κ1) is 43.2. The number of anilines is 4. The predicted molar refractivity (Wildman–Crippen MR) is 246 cm³/mol. The second-order valence-corrected chi connectivity index (χ2v) is 20.4. The third-order valence-electron chi connectivity index (χ3n) is 11.5. The zero-order chi connectivity index (χ0) is 42.4. The van der Waals surface area contributed by atoms with Gasteiger partial charge in [-0.3, -0.25) is 4.98 Å². The van der Waals surface area contributed by atoms with Crippen molar-refractivity contribution in [1.29, 1.82) is 0 Å². The van der Waals surface area contributed by atoms with Crippen molar-refractivity contribution in [2.24, 2.45) is 0 Å². The van der Waals surface area contributed by atoms with E-state index in [-0.39, 0.29) is 42.7 Å². The number of aryl methyl sites for hydroxylation is 2. The molecule has 4 heterocycles. The van der Waals surface area contributed by atoms with Crippen molar-refractivity contribution in [3.8, 4) is 17.3 Å². The molecular weight excluding hydrogens is 918 g/mol. The van der Waals surface area contributed by atoms with Crippen molar-refractivity contribution in [3.63, 3.8) is 0 Å². The Labute approximate surface area is 372 Å². The molecule has 0 amide bonds. The molecule has 0 radical (unpaired) electrons. The molecule has 4 aromatic carbocycles. The van der Waals surface area contributed by atoms with Crippen molar-refractivity contribution >= 4 is 44.6 Å². The van der Waals surface area contributed by atoms with Crippen LogP contribution in [0.2, 0.25) is 0 Å². The third kappa shape index (κ3) is 8.25. The molecule has 3 aromatic heterocycles. The average Bonchev–Trinajstić information content (AvgIpc) is 3.68. The fourth-order valence-electron chi connectivity index (χ4n) is 7.94. The second kappa shape index (κ2) is 15.2. The first-order chi connectivity index (χ1) is 27.5. The normalized spacial score (nSPS) is 13.6. The smallest absolute Gasteiger partial charge is 0.135 e. The van der Waals surface area contributed by atoms with Crippen LogP contribution in [0.1, 0.15) is 117 Å². The van der Waals surface area contributed by atoms with Gasteiger partial charge in [0, 0.05) is 72.7 Å². The molecule has 0 atom stereocenters. The summed E-state index contributed by atoms with van der Waals surface area (Å²) in [6.07, 6.45) is 1.92. The first-order valence-corrected chi connectivity index (χ1v) is 20.8. The number of hydrogen-bond acceptors (Lipinski definition) is 5. The minimum Gasteiger partial charge on any atom is -0.509 e. The van der Waals surface area contributed by atoms with E-state index in [1.807, 2.05) is 12.3 Å². The molecule has 1 aliphatic heterocycles. The summed E-state index contributed by atoms with van der Waals surface area (Å²) >= 11 is 0. The summed E-state index contributed by atoms with van der Waals surface area (Å²) in [6, 6.07) is 38.2. The molecule has 60 heavy (non-hydrogen) atoms. The Morgan fingerprint density at radius 1 is 0.550 bits per heavy atom. The zero-order valence-electron chi connectivity index (χ0n) is 37.7. The molecule has 8 rings (SSSR count). The van der Waals surface area contributed by atoms with Gasteiger partial charge in [0.2, 0.25) is 0 Å². The Hall–Kier alpha value is -4.93. The standard InChI is InChI=1S/C53H58N5O.Pt/c1-33-23-39(24-34(2)55-33)57-32-56(46-20-16-36(28-48(46)57)51(6,7)8)40-25-38(53(12,13)14)26-42(30-40)59-41-17-18-43-44-27-35(50(3,4)5)15-19-45(44)58(47(43)31-41)49-29-37(21-22-54-49)52(9,10)11;/h15-29,32H,1-14H3;/q-3;. The van der Waals surface area contributed by atoms with Crippen LogP contribution < -0.4 is 14.5 Å². The van der Waals surface area contributed by atoms with E-state index in [2.05, 4.69) is 214 Å². The number of fused-ring (bicyclic) bond motifs is 4. The Balaban J connectivity index is 0.00000544. The van der Waals surface area contributed by atoms with Crippen molar-refractivity contribution in [3.05, 3.63) is 144 Å². The molecule has 7 aromatic rings. The van der Waals surface area contributed by atoms with Crippen LogP contribution in [0.3, 0.4) is 0 Å². The van der Waals surface area contributed by atoms with Gasteiger partial charge >= 0.3 is 0 Å². The summed E-state index contributed by atoms with van der Waals surface area (Å²) in [5, 5.41) is 2.28. The molecule has 6 nitrogen and oxygen atoms in total. The SMILES string of the molecule is Cc1cc(N2[CH-]N(c3[c-]c(Oc4[c-]c5c(cc4)c4cc(C(C)(C)C)ccc4n5-c4cc(C(C)(C)C)ccn4)cc(C(C)(C)C)c3)c3ccc(C(C)(C)C)cc32)cc(C)n1.[Pt]. The Morgan fingerprint density at radius 3 is 1.82 bits per heavy atom. The third-order valence-corrected chi connectivity index (χ3v) is 11.5. The van der Waals surface area contributed by atoms with Gasteiger partial charge in [-0.2, -0.15) is 6.07 Å². The minimum absolute atomic E-state index is 0. The summed E-state index contributed by atoms with van der Waals surface area (Å²) in [7, 11) is 0. The van der Waals surface area contributed by atoms with Gasteiger partial charge in [0.05, 0.1) is 0 Å². The number of benzene rings is 4. The van der Waals surface area contributed by atoms with Crippen LogP contribution in [0.15, 0.2) is 91.1 Å². The van der Waals surface area contributed by atoms with Gasteiger partial charge in [-0.15, -0.1) is 53.6 Å². The van der Waals surface area contributed by atoms with E-state index in [4.69, 9.17) is 9.72 Å². The van der Waals surface area contributed by atoms with Gasteiger partial charge in [-0.1, -0.05) is 107 Å². The van der Waals surface area contributed by atoms with Crippen LogP contribution >= 0.6 is 0 Å². The van der Waals surface area contributed by atoms with Crippen LogP contribution in [0.4, 0.5) is 22.7 Å². The molecule has 0 spiro atoms. The van der Waals surface area contributed by atoms with Crippen LogP contribution in [0.25, 0.3) is 27.6 Å². The maximum Gasteiger partial charge on any atom is 0.135 e. The summed E-state index contributed by atoms with van der Waals surface area (Å²) < 4.78 is 9.09. The molecular formula is C53H58N5OPt-3. The molecule has 0 saturated heterocycles. The van der Waals surface area contributed by atoms with Crippen LogP contribution in [0, 0.1) is 32.6 Å². The van der Waals surface area contributed by atoms with E-state index >= 15 is 0 Å². The van der Waals surface area contributed by atoms with Gasteiger partial charge in [0.1, 0.15) is 5.82 Å². The quantitative estimate of drug-likeness (QED) is 0.161. The van der Waals surface area contributed by atoms with Crippen LogP contribution in [-0.4, -0.2) is 14.5 Å². The maximum absolute atomic E-state index is 6.85. The van der Waals surface area contributed by atoms with Crippen LogP contribution in [-0.2, 0) is 42.7 Å². The van der Waals surface area contributed by atoms with Gasteiger partial charge in [0.15, 0.2) is 0 Å². The number of pyridine rings is 2. The number of ether oxygens (including phenoxy) is 1. The predicted octanol–water partition coefficient (Wildman–Crippen LogP) is 14.2. The Morgan fingerprint density at radius 2 is 1.17 bits per heavy atom. The van der Waals surface area contributed by atoms with E-state index in [0.717, 1.165) is 61.9 Å². The summed E-state index contributed by atoms with van der Waals surface area (Å²) in [5.41, 5.74) is 12.9. The molecule has 1 aliphatic rings. The van der Waals surface area contributed by atoms with Gasteiger partial charge in [-0.05, 0) is 100 Å². The number of rotatable bonds is 5. The van der Waals surface area contributed by atoms with E-state index in [1.54, 1.807) is 0 Å². The topological polar surface area (TPSA) is 46.4 Å². The zero-order valence-corrected chi connectivity index (χ0v) is 40.0. The average molecular weight is 976 g/mol. The molecule has 314 valence electrons. The summed E-state index contributed by atoms with van der Waals surface area (Å²) in [6.45, 7) is 33.3. The Bertz CT molecular complexity index is 2730. The van der Waals surface area contributed by atoms with Crippen molar-refractivity contribution in [2.45, 2.75) is 119 Å². The molecule has 0 saturated carbocycles. The van der Waals surface area contributed by atoms with E-state index < -0.39 is 0 Å². The van der Waals surface area contributed by atoms with Crippen molar-refractivity contribution in [2.75, 3.05) is 9.80 Å². The molecule has 0 unspecified atom stereocenters. The van der Waals surface area contributed by atoms with Gasteiger partial charge < -0.3 is 19.1 Å². The molecule has 0 fully saturated rings. The first-order valence-electron chi connectivity index (χ1n) is 20.8. The van der Waals surface area contributed by atoms with E-state index in [0.29, 0.717) is 11.5 Å². The van der Waals surface area contributed by atoms with Crippen LogP contribution in [0.5, 0.6) is 11.5 Å². The molecule has 0 aliphatic carbocycles. The molecule has 7 heteroatoms.